The van der Waals surface area contributed by atoms with Gasteiger partial charge >= 0.3 is 6.03 Å². The highest BCUT2D eigenvalue weighted by Gasteiger charge is 2.59. The summed E-state index contributed by atoms with van der Waals surface area (Å²) < 4.78 is 0. The SMILES string of the molecule is CC(C)(C)c1ccc(C2(NC(=O)N3C[C@H]4[C@@H]5CCC[C@@]5(C)CC[C@@H]4[C@@]4(C)CCC(=O)C=C34)CCCC2)cc1. The predicted octanol–water partition coefficient (Wildman–Crippen LogP) is 7.86. The Labute approximate surface area is 230 Å². The van der Waals surface area contributed by atoms with E-state index in [-0.39, 0.29) is 28.2 Å². The number of benzene rings is 1. The highest BCUT2D eigenvalue weighted by atomic mass is 16.2. The van der Waals surface area contributed by atoms with Gasteiger partial charge in [-0.15, -0.1) is 0 Å². The van der Waals surface area contributed by atoms with Crippen LogP contribution in [0.5, 0.6) is 0 Å². The van der Waals surface area contributed by atoms with E-state index in [0.717, 1.165) is 44.3 Å². The van der Waals surface area contributed by atoms with Gasteiger partial charge in [0.1, 0.15) is 0 Å². The van der Waals surface area contributed by atoms with Crippen molar-refractivity contribution in [1.29, 1.82) is 0 Å². The van der Waals surface area contributed by atoms with Gasteiger partial charge in [-0.25, -0.2) is 4.79 Å². The number of carbonyl (C=O) groups excluding carboxylic acids is 2. The van der Waals surface area contributed by atoms with Crippen molar-refractivity contribution in [3.05, 3.63) is 47.2 Å². The molecule has 5 atom stereocenters. The van der Waals surface area contributed by atoms with Gasteiger partial charge in [0.05, 0.1) is 5.54 Å². The molecule has 1 aliphatic heterocycles. The van der Waals surface area contributed by atoms with E-state index < -0.39 is 0 Å². The van der Waals surface area contributed by atoms with E-state index in [0.29, 0.717) is 29.6 Å². The van der Waals surface area contributed by atoms with Crippen LogP contribution < -0.4 is 5.32 Å². The molecule has 1 aromatic carbocycles. The van der Waals surface area contributed by atoms with E-state index >= 15 is 0 Å². The van der Waals surface area contributed by atoms with E-state index in [1.165, 1.54) is 43.2 Å². The molecule has 4 nitrogen and oxygen atoms in total. The maximum Gasteiger partial charge on any atom is 0.322 e. The molecular weight excluding hydrogens is 468 g/mol. The lowest BCUT2D eigenvalue weighted by atomic mass is 9.50. The van der Waals surface area contributed by atoms with Crippen molar-refractivity contribution >= 4 is 11.8 Å². The van der Waals surface area contributed by atoms with Crippen LogP contribution in [0.2, 0.25) is 0 Å². The summed E-state index contributed by atoms with van der Waals surface area (Å²) >= 11 is 0. The van der Waals surface area contributed by atoms with Crippen molar-refractivity contribution < 1.29 is 9.59 Å². The van der Waals surface area contributed by atoms with Crippen molar-refractivity contribution in [2.75, 3.05) is 6.54 Å². The summed E-state index contributed by atoms with van der Waals surface area (Å²) in [5.41, 5.74) is 3.67. The second kappa shape index (κ2) is 8.96. The summed E-state index contributed by atoms with van der Waals surface area (Å²) in [5.74, 6) is 1.98. The molecule has 5 aliphatic rings. The number of nitrogens with one attached hydrogen (secondary N) is 1. The third-order valence-electron chi connectivity index (χ3n) is 11.8. The molecule has 0 unspecified atom stereocenters. The Hall–Kier alpha value is -2.10. The largest absolute Gasteiger partial charge is 0.328 e. The number of fused-ring (bicyclic) bond motifs is 5. The normalized spacial score (nSPS) is 36.2. The number of carbonyl (C=O) groups is 2. The van der Waals surface area contributed by atoms with Gasteiger partial charge < -0.3 is 5.32 Å². The minimum absolute atomic E-state index is 0.0164. The average molecular weight is 517 g/mol. The van der Waals surface area contributed by atoms with Gasteiger partial charge in [-0.3, -0.25) is 9.69 Å². The molecule has 2 amide bonds. The van der Waals surface area contributed by atoms with Crippen molar-refractivity contribution in [2.24, 2.45) is 28.6 Å². The number of ketones is 1. The molecule has 4 fully saturated rings. The minimum atomic E-state index is -0.325. The fourth-order valence-corrected chi connectivity index (χ4v) is 9.52. The zero-order valence-corrected chi connectivity index (χ0v) is 24.4. The molecule has 0 spiro atoms. The summed E-state index contributed by atoms with van der Waals surface area (Å²) in [6.07, 6.45) is 14.0. The molecule has 38 heavy (non-hydrogen) atoms. The molecule has 1 aromatic rings. The van der Waals surface area contributed by atoms with Crippen LogP contribution in [0.1, 0.15) is 116 Å². The summed E-state index contributed by atoms with van der Waals surface area (Å²) in [5, 5.41) is 3.60. The Morgan fingerprint density at radius 1 is 0.921 bits per heavy atom. The number of allylic oxidation sites excluding steroid dienone is 2. The second-order valence-corrected chi connectivity index (χ2v) is 15.0. The molecule has 1 N–H and O–H groups in total. The number of nitrogens with zero attached hydrogens (tertiary/aromatic N) is 1. The maximum atomic E-state index is 14.4. The van der Waals surface area contributed by atoms with Crippen LogP contribution in [0.15, 0.2) is 36.0 Å². The zero-order valence-electron chi connectivity index (χ0n) is 24.4. The average Bonchev–Trinajstić information content (AvgIpc) is 3.51. The van der Waals surface area contributed by atoms with E-state index in [4.69, 9.17) is 0 Å². The fourth-order valence-electron chi connectivity index (χ4n) is 9.52. The molecule has 0 radical (unpaired) electrons. The third-order valence-corrected chi connectivity index (χ3v) is 11.8. The summed E-state index contributed by atoms with van der Waals surface area (Å²) in [7, 11) is 0. The molecule has 1 saturated heterocycles. The van der Waals surface area contributed by atoms with Gasteiger partial charge in [0.2, 0.25) is 0 Å². The van der Waals surface area contributed by atoms with Gasteiger partial charge in [0.15, 0.2) is 5.78 Å². The van der Waals surface area contributed by atoms with E-state index in [1.54, 1.807) is 0 Å². The van der Waals surface area contributed by atoms with Gasteiger partial charge in [-0.2, -0.15) is 0 Å². The molecule has 3 saturated carbocycles. The van der Waals surface area contributed by atoms with Crippen molar-refractivity contribution in [1.82, 2.24) is 10.2 Å². The first-order chi connectivity index (χ1) is 18.0. The summed E-state index contributed by atoms with van der Waals surface area (Å²) in [6.45, 7) is 12.4. The lowest BCUT2D eigenvalue weighted by molar-refractivity contribution is -0.118. The lowest BCUT2D eigenvalue weighted by Gasteiger charge is -2.59. The van der Waals surface area contributed by atoms with Crippen molar-refractivity contribution in [3.8, 4) is 0 Å². The Bertz CT molecular complexity index is 1140. The van der Waals surface area contributed by atoms with Crippen LogP contribution in [0.3, 0.4) is 0 Å². The molecule has 4 aliphatic carbocycles. The highest BCUT2D eigenvalue weighted by molar-refractivity contribution is 5.93. The van der Waals surface area contributed by atoms with Gasteiger partial charge in [0, 0.05) is 30.2 Å². The quantitative estimate of drug-likeness (QED) is 0.435. The summed E-state index contributed by atoms with van der Waals surface area (Å²) in [6, 6.07) is 9.00. The Kier molecular flexibility index (Phi) is 6.16. The molecule has 1 heterocycles. The van der Waals surface area contributed by atoms with Crippen LogP contribution in [0.4, 0.5) is 4.79 Å². The van der Waals surface area contributed by atoms with E-state index in [9.17, 15) is 9.59 Å². The highest BCUT2D eigenvalue weighted by Crippen LogP contribution is 2.64. The second-order valence-electron chi connectivity index (χ2n) is 15.0. The number of hydrogen-bond acceptors (Lipinski definition) is 2. The molecule has 0 bridgehead atoms. The lowest BCUT2D eigenvalue weighted by Crippen LogP contribution is -2.61. The van der Waals surface area contributed by atoms with E-state index in [1.807, 2.05) is 11.0 Å². The van der Waals surface area contributed by atoms with Crippen LogP contribution >= 0.6 is 0 Å². The smallest absolute Gasteiger partial charge is 0.322 e. The zero-order chi connectivity index (χ0) is 26.9. The number of likely N-dealkylation sites (tertiary alicyclic amines) is 1. The Morgan fingerprint density at radius 2 is 1.63 bits per heavy atom. The van der Waals surface area contributed by atoms with Crippen molar-refractivity contribution in [3.63, 3.8) is 0 Å². The van der Waals surface area contributed by atoms with Gasteiger partial charge in [0.25, 0.3) is 0 Å². The first-order valence-corrected chi connectivity index (χ1v) is 15.4. The molecule has 206 valence electrons. The standard InChI is InChI=1S/C34H48N2O2/c1-31(2,3)23-10-12-24(13-11-23)34(17-6-7-18-34)35-30(38)36-22-26-27-9-8-16-32(27,4)19-15-28(26)33(5)20-14-25(37)21-29(33)36/h10-13,21,26-28H,6-9,14-20,22H2,1-5H3,(H,35,38)/t26-,27-,28-,32-,33+/m0/s1. The number of rotatable bonds is 2. The molecular formula is C34H48N2O2. The molecule has 4 heteroatoms. The monoisotopic (exact) mass is 516 g/mol. The topological polar surface area (TPSA) is 49.4 Å². The van der Waals surface area contributed by atoms with Crippen LogP contribution in [0, 0.1) is 28.6 Å². The Balaban J connectivity index is 1.33. The van der Waals surface area contributed by atoms with Crippen molar-refractivity contribution in [2.45, 2.75) is 116 Å². The number of hydrogen-bond donors (Lipinski definition) is 1. The Morgan fingerprint density at radius 3 is 2.32 bits per heavy atom. The third kappa shape index (κ3) is 4.07. The predicted molar refractivity (Wildman–Crippen MR) is 153 cm³/mol. The van der Waals surface area contributed by atoms with Gasteiger partial charge in [-0.1, -0.05) is 78.1 Å². The first kappa shape index (κ1) is 26.1. The first-order valence-electron chi connectivity index (χ1n) is 15.4. The van der Waals surface area contributed by atoms with Gasteiger partial charge in [-0.05, 0) is 84.7 Å². The number of piperidine rings is 1. The number of urea groups is 1. The van der Waals surface area contributed by atoms with Crippen LogP contribution in [-0.2, 0) is 15.7 Å². The fraction of sp³-hybridized carbons (Fsp3) is 0.706. The van der Waals surface area contributed by atoms with E-state index in [2.05, 4.69) is 64.2 Å². The maximum absolute atomic E-state index is 14.4. The summed E-state index contributed by atoms with van der Waals surface area (Å²) in [4.78, 5) is 29.1. The minimum Gasteiger partial charge on any atom is -0.328 e. The van der Waals surface area contributed by atoms with Crippen LogP contribution in [-0.4, -0.2) is 23.3 Å². The number of amides is 2. The van der Waals surface area contributed by atoms with Crippen LogP contribution in [0.25, 0.3) is 0 Å². The molecule has 6 rings (SSSR count). The molecule has 0 aromatic heterocycles.